The number of hydrogen-bond acceptors (Lipinski definition) is 7. The average molecular weight is 444 g/mol. The van der Waals surface area contributed by atoms with E-state index in [-0.39, 0.29) is 17.7 Å². The number of hydrogen-bond donors (Lipinski definition) is 2. The first-order chi connectivity index (χ1) is 15.5. The van der Waals surface area contributed by atoms with Gasteiger partial charge in [0.05, 0.1) is 30.2 Å². The molecule has 1 aliphatic carbocycles. The molecule has 1 atom stereocenters. The number of morpholine rings is 1. The molecule has 1 unspecified atom stereocenters. The van der Waals surface area contributed by atoms with Gasteiger partial charge in [0, 0.05) is 44.6 Å². The first-order valence-electron chi connectivity index (χ1n) is 12.2. The lowest BCUT2D eigenvalue weighted by Gasteiger charge is -2.28. The van der Waals surface area contributed by atoms with E-state index in [0.717, 1.165) is 82.5 Å². The Labute approximate surface area is 190 Å². The van der Waals surface area contributed by atoms with Crippen LogP contribution in [0.5, 0.6) is 0 Å². The molecule has 1 saturated carbocycles. The Bertz CT molecular complexity index is 949. The minimum Gasteiger partial charge on any atom is -0.393 e. The molecule has 2 aromatic rings. The van der Waals surface area contributed by atoms with E-state index < -0.39 is 0 Å². The molecule has 0 bridgehead atoms. The number of aromatic nitrogens is 3. The fraction of sp³-hybridized carbons (Fsp3) is 0.708. The third kappa shape index (κ3) is 5.47. The van der Waals surface area contributed by atoms with Crippen molar-refractivity contribution in [3.05, 3.63) is 28.3 Å². The molecule has 8 nitrogen and oxygen atoms in total. The fourth-order valence-electron chi connectivity index (χ4n) is 4.92. The minimum atomic E-state index is -0.216. The molecule has 8 heteroatoms. The molecule has 2 fully saturated rings. The molecule has 0 spiro atoms. The summed E-state index contributed by atoms with van der Waals surface area (Å²) in [5.74, 6) is 0.882. The van der Waals surface area contributed by atoms with Crippen LogP contribution in [0.4, 0.5) is 5.95 Å². The van der Waals surface area contributed by atoms with E-state index in [1.807, 2.05) is 10.8 Å². The van der Waals surface area contributed by atoms with Gasteiger partial charge in [-0.3, -0.25) is 9.69 Å². The van der Waals surface area contributed by atoms with Crippen molar-refractivity contribution in [3.63, 3.8) is 0 Å². The summed E-state index contributed by atoms with van der Waals surface area (Å²) in [4.78, 5) is 24.9. The summed E-state index contributed by atoms with van der Waals surface area (Å²) in [7, 11) is 0. The van der Waals surface area contributed by atoms with Crippen LogP contribution in [-0.4, -0.2) is 69.5 Å². The van der Waals surface area contributed by atoms with Crippen LogP contribution in [0, 0.1) is 0 Å². The summed E-state index contributed by atoms with van der Waals surface area (Å²) < 4.78 is 7.28. The van der Waals surface area contributed by atoms with Crippen molar-refractivity contribution in [1.29, 1.82) is 0 Å². The Balaban J connectivity index is 1.66. The van der Waals surface area contributed by atoms with E-state index in [1.165, 1.54) is 0 Å². The van der Waals surface area contributed by atoms with Gasteiger partial charge < -0.3 is 19.7 Å². The molecular weight excluding hydrogens is 406 g/mol. The van der Waals surface area contributed by atoms with Crippen LogP contribution in [0.1, 0.15) is 63.9 Å². The van der Waals surface area contributed by atoms with E-state index in [2.05, 4.69) is 29.0 Å². The molecule has 32 heavy (non-hydrogen) atoms. The van der Waals surface area contributed by atoms with E-state index >= 15 is 0 Å². The van der Waals surface area contributed by atoms with Crippen LogP contribution < -0.4 is 10.9 Å². The fourth-order valence-corrected chi connectivity index (χ4v) is 4.92. The number of nitrogens with zero attached hydrogens (tertiary/aromatic N) is 4. The monoisotopic (exact) mass is 443 g/mol. The Hall–Kier alpha value is -2.03. The molecule has 2 aromatic heterocycles. The predicted octanol–water partition coefficient (Wildman–Crippen LogP) is 2.74. The molecular formula is C24H37N5O3. The zero-order chi connectivity index (χ0) is 22.5. The van der Waals surface area contributed by atoms with Crippen LogP contribution in [0.25, 0.3) is 10.9 Å². The van der Waals surface area contributed by atoms with Gasteiger partial charge in [0.2, 0.25) is 5.95 Å². The molecule has 0 amide bonds. The SMILES string of the molecule is CCCC(C)Nc1ncc2c(=O)n(CCN3CCOCC3)cc(C3CCC(O)CC3)c2n1. The molecule has 0 radical (unpaired) electrons. The molecule has 4 rings (SSSR count). The molecule has 2 aliphatic rings. The van der Waals surface area contributed by atoms with Crippen molar-refractivity contribution in [1.82, 2.24) is 19.4 Å². The van der Waals surface area contributed by atoms with Gasteiger partial charge in [-0.15, -0.1) is 0 Å². The lowest BCUT2D eigenvalue weighted by molar-refractivity contribution is 0.0363. The summed E-state index contributed by atoms with van der Waals surface area (Å²) in [6, 6.07) is 0.277. The predicted molar refractivity (Wildman–Crippen MR) is 126 cm³/mol. The number of anilines is 1. The number of rotatable bonds is 8. The Morgan fingerprint density at radius 3 is 2.69 bits per heavy atom. The minimum absolute atomic E-state index is 0.0268. The second kappa shape index (κ2) is 10.7. The zero-order valence-corrected chi connectivity index (χ0v) is 19.4. The maximum atomic E-state index is 13.3. The zero-order valence-electron chi connectivity index (χ0n) is 19.4. The van der Waals surface area contributed by atoms with Crippen molar-refractivity contribution in [2.24, 2.45) is 0 Å². The molecule has 1 saturated heterocycles. The van der Waals surface area contributed by atoms with Crippen LogP contribution >= 0.6 is 0 Å². The summed E-state index contributed by atoms with van der Waals surface area (Å²) >= 11 is 0. The highest BCUT2D eigenvalue weighted by molar-refractivity contribution is 5.81. The number of fused-ring (bicyclic) bond motifs is 1. The molecule has 2 N–H and O–H groups in total. The normalized spacial score (nSPS) is 23.3. The highest BCUT2D eigenvalue weighted by Crippen LogP contribution is 2.35. The van der Waals surface area contributed by atoms with Crippen LogP contribution in [0.2, 0.25) is 0 Å². The number of aliphatic hydroxyl groups excluding tert-OH is 1. The third-order valence-corrected chi connectivity index (χ3v) is 6.84. The number of pyridine rings is 1. The number of nitrogens with one attached hydrogen (secondary N) is 1. The summed E-state index contributed by atoms with van der Waals surface area (Å²) in [6.07, 6.45) is 9.05. The van der Waals surface area contributed by atoms with Crippen LogP contribution in [-0.2, 0) is 11.3 Å². The van der Waals surface area contributed by atoms with Crippen molar-refractivity contribution in [3.8, 4) is 0 Å². The smallest absolute Gasteiger partial charge is 0.261 e. The van der Waals surface area contributed by atoms with Crippen LogP contribution in [0.3, 0.4) is 0 Å². The van der Waals surface area contributed by atoms with Gasteiger partial charge in [-0.05, 0) is 50.5 Å². The standard InChI is InChI=1S/C24H37N5O3/c1-3-4-17(2)26-24-25-15-20-22(27-24)21(18-5-7-19(30)8-6-18)16-29(23(20)31)10-9-28-11-13-32-14-12-28/h15-19,30H,3-14H2,1-2H3,(H,25,26,27). The summed E-state index contributed by atoms with van der Waals surface area (Å²) in [6.45, 7) is 9.08. The summed E-state index contributed by atoms with van der Waals surface area (Å²) in [5, 5.41) is 14.0. The average Bonchev–Trinajstić information content (AvgIpc) is 2.80. The lowest BCUT2D eigenvalue weighted by atomic mass is 9.82. The lowest BCUT2D eigenvalue weighted by Crippen LogP contribution is -2.39. The maximum absolute atomic E-state index is 13.3. The quantitative estimate of drug-likeness (QED) is 0.648. The van der Waals surface area contributed by atoms with Crippen molar-refractivity contribution in [2.45, 2.75) is 77.0 Å². The highest BCUT2D eigenvalue weighted by Gasteiger charge is 2.25. The molecule has 3 heterocycles. The maximum Gasteiger partial charge on any atom is 0.261 e. The van der Waals surface area contributed by atoms with E-state index in [4.69, 9.17) is 9.72 Å². The second-order valence-corrected chi connectivity index (χ2v) is 9.33. The number of ether oxygens (including phenoxy) is 1. The highest BCUT2D eigenvalue weighted by atomic mass is 16.5. The van der Waals surface area contributed by atoms with E-state index in [1.54, 1.807) is 6.20 Å². The van der Waals surface area contributed by atoms with Crippen molar-refractivity contribution < 1.29 is 9.84 Å². The summed E-state index contributed by atoms with van der Waals surface area (Å²) in [5.41, 5.74) is 1.85. The van der Waals surface area contributed by atoms with Gasteiger partial charge in [0.1, 0.15) is 0 Å². The first kappa shape index (κ1) is 23.1. The number of aliphatic hydroxyl groups is 1. The van der Waals surface area contributed by atoms with Gasteiger partial charge in [-0.25, -0.2) is 9.97 Å². The van der Waals surface area contributed by atoms with Gasteiger partial charge in [0.15, 0.2) is 0 Å². The molecule has 0 aromatic carbocycles. The van der Waals surface area contributed by atoms with Gasteiger partial charge in [0.25, 0.3) is 5.56 Å². The van der Waals surface area contributed by atoms with Crippen LogP contribution in [0.15, 0.2) is 17.2 Å². The first-order valence-corrected chi connectivity index (χ1v) is 12.2. The topological polar surface area (TPSA) is 92.5 Å². The molecule has 176 valence electrons. The van der Waals surface area contributed by atoms with Gasteiger partial charge in [-0.2, -0.15) is 0 Å². The molecule has 1 aliphatic heterocycles. The van der Waals surface area contributed by atoms with Gasteiger partial charge >= 0.3 is 0 Å². The van der Waals surface area contributed by atoms with Gasteiger partial charge in [-0.1, -0.05) is 13.3 Å². The Morgan fingerprint density at radius 1 is 1.22 bits per heavy atom. The Kier molecular flexibility index (Phi) is 7.75. The third-order valence-electron chi connectivity index (χ3n) is 6.84. The van der Waals surface area contributed by atoms with Crippen molar-refractivity contribution >= 4 is 16.9 Å². The van der Waals surface area contributed by atoms with E-state index in [0.29, 0.717) is 23.8 Å². The second-order valence-electron chi connectivity index (χ2n) is 9.33. The largest absolute Gasteiger partial charge is 0.393 e. The van der Waals surface area contributed by atoms with Crippen molar-refractivity contribution in [2.75, 3.05) is 38.2 Å². The Morgan fingerprint density at radius 2 is 1.97 bits per heavy atom. The van der Waals surface area contributed by atoms with E-state index in [9.17, 15) is 9.90 Å².